The third-order valence-corrected chi connectivity index (χ3v) is 4.39. The Morgan fingerprint density at radius 1 is 1.21 bits per heavy atom. The van der Waals surface area contributed by atoms with Gasteiger partial charge in [-0.15, -0.1) is 5.10 Å². The Hall–Kier alpha value is -3.56. The van der Waals surface area contributed by atoms with Crippen molar-refractivity contribution < 1.29 is 8.81 Å². The second-order valence-electron chi connectivity index (χ2n) is 6.53. The molecule has 0 fully saturated rings. The monoisotopic (exact) mass is 384 g/mol. The molecule has 0 aliphatic heterocycles. The van der Waals surface area contributed by atoms with Gasteiger partial charge in [0.05, 0.1) is 12.9 Å². The summed E-state index contributed by atoms with van der Waals surface area (Å²) in [7, 11) is 1.68. The first-order valence-corrected chi connectivity index (χ1v) is 8.56. The molecule has 3 aromatic heterocycles. The van der Waals surface area contributed by atoms with E-state index >= 15 is 0 Å². The van der Waals surface area contributed by atoms with Gasteiger partial charge in [0.2, 0.25) is 5.89 Å². The van der Waals surface area contributed by atoms with Crippen molar-refractivity contribution in [3.63, 3.8) is 0 Å². The number of aromatic nitrogens is 6. The molecule has 0 amide bonds. The van der Waals surface area contributed by atoms with Gasteiger partial charge in [0.15, 0.2) is 11.2 Å². The minimum absolute atomic E-state index is 0.00754. The molecule has 0 radical (unpaired) electrons. The highest BCUT2D eigenvalue weighted by Gasteiger charge is 2.17. The van der Waals surface area contributed by atoms with Crippen molar-refractivity contribution in [2.24, 2.45) is 7.05 Å². The predicted molar refractivity (Wildman–Crippen MR) is 97.7 cm³/mol. The third kappa shape index (κ3) is 3.24. The zero-order valence-corrected chi connectivity index (χ0v) is 15.2. The third-order valence-electron chi connectivity index (χ3n) is 4.39. The summed E-state index contributed by atoms with van der Waals surface area (Å²) in [6.45, 7) is 1.48. The Bertz CT molecular complexity index is 1270. The summed E-state index contributed by atoms with van der Waals surface area (Å²) < 4.78 is 23.4. The zero-order chi connectivity index (χ0) is 19.8. The van der Waals surface area contributed by atoms with Crippen LogP contribution in [0.4, 0.5) is 4.39 Å². The van der Waals surface area contributed by atoms with Crippen LogP contribution in [0.25, 0.3) is 11.2 Å². The fourth-order valence-corrected chi connectivity index (χ4v) is 2.98. The molecule has 1 aromatic carbocycles. The summed E-state index contributed by atoms with van der Waals surface area (Å²) in [5.41, 5.74) is 1.69. The fourth-order valence-electron chi connectivity index (χ4n) is 2.98. The van der Waals surface area contributed by atoms with Gasteiger partial charge in [-0.2, -0.15) is 4.68 Å². The summed E-state index contributed by atoms with van der Waals surface area (Å²) >= 11 is 0. The lowest BCUT2D eigenvalue weighted by atomic mass is 10.1. The van der Waals surface area contributed by atoms with Gasteiger partial charge in [-0.25, -0.2) is 19.2 Å². The van der Waals surface area contributed by atoms with Gasteiger partial charge in [0, 0.05) is 7.05 Å². The van der Waals surface area contributed by atoms with Crippen LogP contribution in [0, 0.1) is 6.92 Å². The molecular weight excluding hydrogens is 367 g/mol. The van der Waals surface area contributed by atoms with Gasteiger partial charge in [0.25, 0.3) is 5.56 Å². The molecule has 0 unspecified atom stereocenters. The van der Waals surface area contributed by atoms with E-state index in [2.05, 4.69) is 15.1 Å². The summed E-state index contributed by atoms with van der Waals surface area (Å²) in [5.74, 6) is -0.792. The van der Waals surface area contributed by atoms with E-state index in [1.807, 2.05) is 13.0 Å². The molecule has 0 N–H and O–H groups in total. The second-order valence-corrected chi connectivity index (χ2v) is 6.53. The molecule has 0 bridgehead atoms. The van der Waals surface area contributed by atoms with Crippen LogP contribution in [0.5, 0.6) is 0 Å². The van der Waals surface area contributed by atoms with E-state index in [0.29, 0.717) is 16.7 Å². The van der Waals surface area contributed by atoms with Gasteiger partial charge < -0.3 is 8.98 Å². The molecule has 28 heavy (non-hydrogen) atoms. The van der Waals surface area contributed by atoms with Gasteiger partial charge in [0.1, 0.15) is 19.0 Å². The lowest BCUT2D eigenvalue weighted by molar-refractivity contribution is 0.283. The molecule has 144 valence electrons. The van der Waals surface area contributed by atoms with Crippen LogP contribution in [-0.4, -0.2) is 28.9 Å². The Kier molecular flexibility index (Phi) is 4.38. The van der Waals surface area contributed by atoms with E-state index in [9.17, 15) is 14.0 Å². The molecular formula is C18H17FN6O3. The van der Waals surface area contributed by atoms with Gasteiger partial charge in [-0.1, -0.05) is 29.8 Å². The predicted octanol–water partition coefficient (Wildman–Crippen LogP) is 1.35. The second kappa shape index (κ2) is 6.87. The molecule has 10 heteroatoms. The molecule has 0 saturated heterocycles. The SMILES string of the molecule is Cc1cccc([C@@H](F)Cn2nc(Cn3cnc4ncn(C)c4c3=O)oc2=O)c1. The Morgan fingerprint density at radius 2 is 2.00 bits per heavy atom. The number of aryl methyl sites for hydroxylation is 2. The smallest absolute Gasteiger partial charge is 0.390 e. The number of imidazole rings is 1. The Labute approximate surface area is 157 Å². The lowest BCUT2D eigenvalue weighted by Crippen LogP contribution is -2.23. The molecule has 0 aliphatic carbocycles. The van der Waals surface area contributed by atoms with Crippen LogP contribution >= 0.6 is 0 Å². The van der Waals surface area contributed by atoms with Crippen molar-refractivity contribution in [2.75, 3.05) is 0 Å². The highest BCUT2D eigenvalue weighted by molar-refractivity contribution is 5.68. The van der Waals surface area contributed by atoms with Crippen LogP contribution in [0.2, 0.25) is 0 Å². The molecule has 3 heterocycles. The summed E-state index contributed by atoms with van der Waals surface area (Å²) in [6.07, 6.45) is 1.39. The Morgan fingerprint density at radius 3 is 2.79 bits per heavy atom. The normalized spacial score (nSPS) is 12.5. The van der Waals surface area contributed by atoms with E-state index in [1.165, 1.54) is 17.2 Å². The standard InChI is InChI=1S/C18H17FN6O3/c1-11-4-3-5-12(6-11)13(19)7-25-18(27)28-14(22-25)8-24-10-21-16-15(17(24)26)23(2)9-20-16/h3-6,9-10,13H,7-8H2,1-2H3/t13-/m0/s1. The van der Waals surface area contributed by atoms with Crippen LogP contribution in [0.3, 0.4) is 0 Å². The van der Waals surface area contributed by atoms with Crippen molar-refractivity contribution in [3.05, 3.63) is 74.8 Å². The Balaban J connectivity index is 1.58. The first kappa shape index (κ1) is 17.8. The topological polar surface area (TPSA) is 101 Å². The van der Waals surface area contributed by atoms with Gasteiger partial charge >= 0.3 is 5.76 Å². The number of hydrogen-bond acceptors (Lipinski definition) is 6. The quantitative estimate of drug-likeness (QED) is 0.515. The van der Waals surface area contributed by atoms with E-state index in [1.54, 1.807) is 29.8 Å². The minimum Gasteiger partial charge on any atom is -0.390 e. The number of benzene rings is 1. The molecule has 0 saturated carbocycles. The van der Waals surface area contributed by atoms with Crippen molar-refractivity contribution in [2.45, 2.75) is 26.2 Å². The highest BCUT2D eigenvalue weighted by Crippen LogP contribution is 2.19. The van der Waals surface area contributed by atoms with Crippen LogP contribution < -0.4 is 11.3 Å². The highest BCUT2D eigenvalue weighted by atomic mass is 19.1. The number of hydrogen-bond donors (Lipinski definition) is 0. The molecule has 0 spiro atoms. The number of nitrogens with zero attached hydrogens (tertiary/aromatic N) is 6. The number of fused-ring (bicyclic) bond motifs is 1. The first-order chi connectivity index (χ1) is 13.4. The van der Waals surface area contributed by atoms with Gasteiger partial charge in [-0.3, -0.25) is 9.36 Å². The van der Waals surface area contributed by atoms with E-state index in [4.69, 9.17) is 4.42 Å². The van der Waals surface area contributed by atoms with Crippen LogP contribution in [0.1, 0.15) is 23.2 Å². The van der Waals surface area contributed by atoms with Crippen molar-refractivity contribution in [1.29, 1.82) is 0 Å². The van der Waals surface area contributed by atoms with Crippen molar-refractivity contribution in [1.82, 2.24) is 28.9 Å². The number of rotatable bonds is 5. The lowest BCUT2D eigenvalue weighted by Gasteiger charge is -2.08. The van der Waals surface area contributed by atoms with Crippen LogP contribution in [-0.2, 0) is 20.1 Å². The summed E-state index contributed by atoms with van der Waals surface area (Å²) in [6, 6.07) is 6.98. The molecule has 1 atom stereocenters. The van der Waals surface area contributed by atoms with Gasteiger partial charge in [-0.05, 0) is 12.5 Å². The average molecular weight is 384 g/mol. The van der Waals surface area contributed by atoms with Crippen molar-refractivity contribution in [3.8, 4) is 0 Å². The largest absolute Gasteiger partial charge is 0.437 e. The maximum atomic E-state index is 14.5. The number of alkyl halides is 1. The zero-order valence-electron chi connectivity index (χ0n) is 15.2. The van der Waals surface area contributed by atoms with Crippen LogP contribution in [0.15, 0.2) is 50.9 Å². The average Bonchev–Trinajstić information content (AvgIpc) is 3.20. The van der Waals surface area contributed by atoms with E-state index in [0.717, 1.165) is 10.2 Å². The summed E-state index contributed by atoms with van der Waals surface area (Å²) in [4.78, 5) is 32.7. The van der Waals surface area contributed by atoms with E-state index < -0.39 is 11.9 Å². The number of halogens is 1. The maximum Gasteiger partial charge on any atom is 0.437 e. The molecule has 4 aromatic rings. The molecule has 4 rings (SSSR count). The fraction of sp³-hybridized carbons (Fsp3) is 0.278. The van der Waals surface area contributed by atoms with Crippen molar-refractivity contribution >= 4 is 11.2 Å². The summed E-state index contributed by atoms with van der Waals surface area (Å²) in [5, 5.41) is 4.01. The molecule has 9 nitrogen and oxygen atoms in total. The van der Waals surface area contributed by atoms with E-state index in [-0.39, 0.29) is 24.5 Å². The minimum atomic E-state index is -1.41. The first-order valence-electron chi connectivity index (χ1n) is 8.56. The molecule has 0 aliphatic rings. The maximum absolute atomic E-state index is 14.5.